The standard InChI is InChI=1S/C26H48N2O8/c1-18-10-11-22(14-18)35-17-21-8-7-12-28(21)25(33)9-5-4-6-13-34-26(23(15-29)27-20(3)32)36-24(16-30)19(2)31/h18-19,21-24,26,29-31H,4-17H2,1-3H3,(H,27,32)/t18?,19-,21+,22?,23+,24?,26?/m1/s1. The minimum Gasteiger partial charge on any atom is -0.394 e. The Morgan fingerprint density at radius 2 is 1.89 bits per heavy atom. The van der Waals surface area contributed by atoms with E-state index < -0.39 is 37.8 Å². The quantitative estimate of drug-likeness (QED) is 0.168. The molecule has 1 heterocycles. The van der Waals surface area contributed by atoms with Gasteiger partial charge in [0, 0.05) is 26.5 Å². The molecule has 1 saturated heterocycles. The zero-order valence-corrected chi connectivity index (χ0v) is 22.3. The van der Waals surface area contributed by atoms with Crippen molar-refractivity contribution < 1.29 is 39.1 Å². The molecule has 0 aromatic heterocycles. The monoisotopic (exact) mass is 516 g/mol. The average Bonchev–Trinajstić information content (AvgIpc) is 3.48. The van der Waals surface area contributed by atoms with Crippen LogP contribution in [0.2, 0.25) is 0 Å². The Labute approximate surface area is 215 Å². The van der Waals surface area contributed by atoms with Gasteiger partial charge in [0.2, 0.25) is 11.8 Å². The van der Waals surface area contributed by atoms with Crippen LogP contribution in [0.1, 0.15) is 78.6 Å². The van der Waals surface area contributed by atoms with E-state index in [2.05, 4.69) is 12.2 Å². The molecular formula is C26H48N2O8. The Balaban J connectivity index is 1.70. The Morgan fingerprint density at radius 1 is 1.11 bits per heavy atom. The molecule has 2 amide bonds. The van der Waals surface area contributed by atoms with Crippen molar-refractivity contribution in [3.8, 4) is 0 Å². The van der Waals surface area contributed by atoms with E-state index in [9.17, 15) is 24.9 Å². The van der Waals surface area contributed by atoms with Crippen molar-refractivity contribution in [1.29, 1.82) is 0 Å². The summed E-state index contributed by atoms with van der Waals surface area (Å²) in [7, 11) is 0. The van der Waals surface area contributed by atoms with E-state index in [0.717, 1.165) is 51.0 Å². The van der Waals surface area contributed by atoms with E-state index in [1.807, 2.05) is 4.90 Å². The van der Waals surface area contributed by atoms with Crippen LogP contribution in [0.15, 0.2) is 0 Å². The summed E-state index contributed by atoms with van der Waals surface area (Å²) in [6.07, 6.45) is 5.61. The molecule has 0 bridgehead atoms. The molecule has 210 valence electrons. The largest absolute Gasteiger partial charge is 0.394 e. The number of unbranched alkanes of at least 4 members (excludes halogenated alkanes) is 2. The van der Waals surface area contributed by atoms with Crippen LogP contribution in [0.4, 0.5) is 0 Å². The summed E-state index contributed by atoms with van der Waals surface area (Å²) in [4.78, 5) is 26.2. The number of aliphatic hydroxyl groups is 3. The zero-order chi connectivity index (χ0) is 26.5. The summed E-state index contributed by atoms with van der Waals surface area (Å²) < 4.78 is 17.5. The molecular weight excluding hydrogens is 468 g/mol. The van der Waals surface area contributed by atoms with Crippen LogP contribution in [0.25, 0.3) is 0 Å². The fourth-order valence-electron chi connectivity index (χ4n) is 4.98. The van der Waals surface area contributed by atoms with Gasteiger partial charge >= 0.3 is 0 Å². The molecule has 2 aliphatic rings. The number of aliphatic hydroxyl groups excluding tert-OH is 3. The van der Waals surface area contributed by atoms with Crippen LogP contribution in [-0.4, -0.2) is 102 Å². The highest BCUT2D eigenvalue weighted by Crippen LogP contribution is 2.28. The third-order valence-electron chi connectivity index (χ3n) is 7.13. The first kappa shape index (κ1) is 30.9. The van der Waals surface area contributed by atoms with Gasteiger partial charge in [-0.15, -0.1) is 0 Å². The Morgan fingerprint density at radius 3 is 2.50 bits per heavy atom. The third kappa shape index (κ3) is 10.6. The number of hydrogen-bond acceptors (Lipinski definition) is 8. The summed E-state index contributed by atoms with van der Waals surface area (Å²) in [6.45, 7) is 5.94. The third-order valence-corrected chi connectivity index (χ3v) is 7.13. The number of likely N-dealkylation sites (tertiary alicyclic amines) is 1. The first-order valence-electron chi connectivity index (χ1n) is 13.6. The van der Waals surface area contributed by atoms with Gasteiger partial charge in [-0.05, 0) is 57.8 Å². The van der Waals surface area contributed by atoms with Crippen molar-refractivity contribution in [2.45, 2.75) is 115 Å². The SMILES string of the molecule is CC(=O)N[C@@H](CO)C(OCCCCCC(=O)N1CCC[C@H]1COC1CCC(C)C1)OC(CO)[C@@H](C)O. The molecule has 36 heavy (non-hydrogen) atoms. The maximum Gasteiger partial charge on any atom is 0.222 e. The normalized spacial score (nSPS) is 25.5. The van der Waals surface area contributed by atoms with E-state index in [4.69, 9.17) is 14.2 Å². The highest BCUT2D eigenvalue weighted by Gasteiger charge is 2.31. The predicted octanol–water partition coefficient (Wildman–Crippen LogP) is 1.34. The second kappa shape index (κ2) is 16.5. The second-order valence-corrected chi connectivity index (χ2v) is 10.4. The van der Waals surface area contributed by atoms with Gasteiger partial charge in [0.25, 0.3) is 0 Å². The number of rotatable bonds is 17. The molecule has 2 rings (SSSR count). The lowest BCUT2D eigenvalue weighted by Crippen LogP contribution is -2.50. The van der Waals surface area contributed by atoms with E-state index >= 15 is 0 Å². The number of carbonyl (C=O) groups is 2. The van der Waals surface area contributed by atoms with Gasteiger partial charge in [0.15, 0.2) is 6.29 Å². The van der Waals surface area contributed by atoms with Crippen molar-refractivity contribution in [2.24, 2.45) is 5.92 Å². The fourth-order valence-corrected chi connectivity index (χ4v) is 4.98. The lowest BCUT2D eigenvalue weighted by atomic mass is 10.1. The number of carbonyl (C=O) groups excluding carboxylic acids is 2. The smallest absolute Gasteiger partial charge is 0.222 e. The maximum atomic E-state index is 12.8. The molecule has 4 unspecified atom stereocenters. The van der Waals surface area contributed by atoms with Crippen molar-refractivity contribution in [1.82, 2.24) is 10.2 Å². The first-order chi connectivity index (χ1) is 17.2. The molecule has 7 atom stereocenters. The van der Waals surface area contributed by atoms with E-state index in [1.54, 1.807) is 0 Å². The van der Waals surface area contributed by atoms with Crippen molar-refractivity contribution in [2.75, 3.05) is 33.0 Å². The van der Waals surface area contributed by atoms with Gasteiger partial charge in [-0.2, -0.15) is 0 Å². The number of amides is 2. The highest BCUT2D eigenvalue weighted by atomic mass is 16.7. The Hall–Kier alpha value is -1.30. The van der Waals surface area contributed by atoms with Gasteiger partial charge in [-0.3, -0.25) is 9.59 Å². The number of ether oxygens (including phenoxy) is 3. The minimum atomic E-state index is -1.03. The lowest BCUT2D eigenvalue weighted by Gasteiger charge is -2.30. The zero-order valence-electron chi connectivity index (χ0n) is 22.3. The van der Waals surface area contributed by atoms with Crippen LogP contribution in [-0.2, 0) is 23.8 Å². The van der Waals surface area contributed by atoms with Crippen molar-refractivity contribution in [3.05, 3.63) is 0 Å². The van der Waals surface area contributed by atoms with Crippen molar-refractivity contribution in [3.63, 3.8) is 0 Å². The van der Waals surface area contributed by atoms with Crippen LogP contribution >= 0.6 is 0 Å². The summed E-state index contributed by atoms with van der Waals surface area (Å²) in [5.74, 6) is 0.555. The molecule has 2 fully saturated rings. The average molecular weight is 517 g/mol. The highest BCUT2D eigenvalue weighted by molar-refractivity contribution is 5.76. The Kier molecular flexibility index (Phi) is 14.2. The maximum absolute atomic E-state index is 12.8. The molecule has 10 heteroatoms. The van der Waals surface area contributed by atoms with Crippen LogP contribution in [0.5, 0.6) is 0 Å². The molecule has 1 aliphatic carbocycles. The molecule has 0 aromatic carbocycles. The van der Waals surface area contributed by atoms with Crippen molar-refractivity contribution >= 4 is 11.8 Å². The van der Waals surface area contributed by atoms with Gasteiger partial charge in [-0.25, -0.2) is 0 Å². The minimum absolute atomic E-state index is 0.178. The fraction of sp³-hybridized carbons (Fsp3) is 0.923. The van der Waals surface area contributed by atoms with Crippen LogP contribution in [0, 0.1) is 5.92 Å². The van der Waals surface area contributed by atoms with E-state index in [0.29, 0.717) is 25.6 Å². The molecule has 0 radical (unpaired) electrons. The summed E-state index contributed by atoms with van der Waals surface area (Å²) >= 11 is 0. The lowest BCUT2D eigenvalue weighted by molar-refractivity contribution is -0.214. The van der Waals surface area contributed by atoms with Crippen LogP contribution < -0.4 is 5.32 Å². The van der Waals surface area contributed by atoms with Crippen LogP contribution in [0.3, 0.4) is 0 Å². The van der Waals surface area contributed by atoms with E-state index in [-0.39, 0.29) is 24.5 Å². The van der Waals surface area contributed by atoms with Gasteiger partial charge in [-0.1, -0.05) is 13.3 Å². The Bertz CT molecular complexity index is 649. The first-order valence-corrected chi connectivity index (χ1v) is 13.6. The van der Waals surface area contributed by atoms with Gasteiger partial charge in [0.1, 0.15) is 12.1 Å². The summed E-state index contributed by atoms with van der Waals surface area (Å²) in [5.41, 5.74) is 0. The molecule has 1 saturated carbocycles. The second-order valence-electron chi connectivity index (χ2n) is 10.4. The molecule has 0 spiro atoms. The number of nitrogens with zero attached hydrogens (tertiary/aromatic N) is 1. The topological polar surface area (TPSA) is 138 Å². The summed E-state index contributed by atoms with van der Waals surface area (Å²) in [5, 5.41) is 31.4. The number of nitrogens with one attached hydrogen (secondary N) is 1. The molecule has 10 nitrogen and oxygen atoms in total. The number of hydrogen-bond donors (Lipinski definition) is 4. The summed E-state index contributed by atoms with van der Waals surface area (Å²) in [6, 6.07) is -0.647. The predicted molar refractivity (Wildman–Crippen MR) is 134 cm³/mol. The molecule has 0 aromatic rings. The van der Waals surface area contributed by atoms with Gasteiger partial charge in [0.05, 0.1) is 38.1 Å². The van der Waals surface area contributed by atoms with E-state index in [1.165, 1.54) is 20.3 Å². The van der Waals surface area contributed by atoms with Gasteiger partial charge < -0.3 is 39.7 Å². The molecule has 4 N–H and O–H groups in total. The molecule has 1 aliphatic heterocycles.